The molecule has 0 aliphatic heterocycles. The van der Waals surface area contributed by atoms with Crippen LogP contribution in [0.15, 0.2) is 18.2 Å². The van der Waals surface area contributed by atoms with E-state index >= 15 is 0 Å². The molecule has 0 bridgehead atoms. The number of benzene rings is 1. The molecule has 0 spiro atoms. The summed E-state index contributed by atoms with van der Waals surface area (Å²) < 4.78 is 5.52. The molecular formula is C14H20N2O3. The van der Waals surface area contributed by atoms with Crippen molar-refractivity contribution >= 4 is 11.4 Å². The van der Waals surface area contributed by atoms with Crippen molar-refractivity contribution in [1.29, 1.82) is 0 Å². The van der Waals surface area contributed by atoms with Gasteiger partial charge in [-0.15, -0.1) is 0 Å². The fraction of sp³-hybridized carbons (Fsp3) is 0.571. The van der Waals surface area contributed by atoms with Crippen molar-refractivity contribution in [2.75, 3.05) is 5.32 Å². The molecule has 1 aromatic rings. The lowest BCUT2D eigenvalue weighted by molar-refractivity contribution is -0.386. The average Bonchev–Trinajstić information content (AvgIpc) is 2.84. The predicted octanol–water partition coefficient (Wildman–Crippen LogP) is 3.59. The Bertz CT molecular complexity index is 497. The number of nitro benzene ring substituents is 1. The number of nitrogens with zero attached hydrogens (tertiary/aromatic N) is 1. The van der Waals surface area contributed by atoms with Gasteiger partial charge in [0.15, 0.2) is 5.75 Å². The van der Waals surface area contributed by atoms with Gasteiger partial charge in [-0.3, -0.25) is 10.1 Å². The highest BCUT2D eigenvalue weighted by Crippen LogP contribution is 2.47. The third-order valence-electron chi connectivity index (χ3n) is 3.37. The largest absolute Gasteiger partial charge is 0.484 e. The fourth-order valence-electron chi connectivity index (χ4n) is 2.02. The third-order valence-corrected chi connectivity index (χ3v) is 3.37. The zero-order chi connectivity index (χ0) is 14.2. The van der Waals surface area contributed by atoms with E-state index in [2.05, 4.69) is 19.2 Å². The standard InChI is InChI=1S/C14H20N2O3/c1-9(2)19-12-7-10(5-6-11(12)16(17)18)15-13-8-14(13,3)4/h5-7,9,13,15H,8H2,1-4H3. The molecule has 1 aliphatic carbocycles. The van der Waals surface area contributed by atoms with Crippen molar-refractivity contribution < 1.29 is 9.66 Å². The summed E-state index contributed by atoms with van der Waals surface area (Å²) in [6, 6.07) is 5.38. The molecule has 0 saturated heterocycles. The van der Waals surface area contributed by atoms with E-state index in [1.165, 1.54) is 6.07 Å². The molecule has 1 fully saturated rings. The molecule has 1 aliphatic rings. The summed E-state index contributed by atoms with van der Waals surface area (Å²) in [7, 11) is 0. The zero-order valence-electron chi connectivity index (χ0n) is 11.8. The van der Waals surface area contributed by atoms with Crippen molar-refractivity contribution in [3.8, 4) is 5.75 Å². The molecule has 5 nitrogen and oxygen atoms in total. The minimum Gasteiger partial charge on any atom is -0.484 e. The number of rotatable bonds is 5. The molecule has 0 heterocycles. The van der Waals surface area contributed by atoms with Gasteiger partial charge in [0.1, 0.15) is 0 Å². The van der Waals surface area contributed by atoms with Crippen LogP contribution in [-0.2, 0) is 0 Å². The SMILES string of the molecule is CC(C)Oc1cc(NC2CC2(C)C)ccc1[N+](=O)[O-]. The molecule has 1 unspecified atom stereocenters. The Morgan fingerprint density at radius 2 is 2.11 bits per heavy atom. The monoisotopic (exact) mass is 264 g/mol. The summed E-state index contributed by atoms with van der Waals surface area (Å²) in [5.74, 6) is 0.323. The number of hydrogen-bond acceptors (Lipinski definition) is 4. The van der Waals surface area contributed by atoms with Crippen LogP contribution < -0.4 is 10.1 Å². The van der Waals surface area contributed by atoms with E-state index in [1.54, 1.807) is 12.1 Å². The maximum atomic E-state index is 11.0. The maximum absolute atomic E-state index is 11.0. The van der Waals surface area contributed by atoms with Gasteiger partial charge in [-0.05, 0) is 31.7 Å². The van der Waals surface area contributed by atoms with Gasteiger partial charge in [-0.1, -0.05) is 13.8 Å². The summed E-state index contributed by atoms with van der Waals surface area (Å²) >= 11 is 0. The number of nitrogens with one attached hydrogen (secondary N) is 1. The van der Waals surface area contributed by atoms with Gasteiger partial charge < -0.3 is 10.1 Å². The Labute approximate surface area is 113 Å². The van der Waals surface area contributed by atoms with Crippen molar-refractivity contribution in [3.05, 3.63) is 28.3 Å². The Hall–Kier alpha value is -1.78. The Kier molecular flexibility index (Phi) is 3.39. The van der Waals surface area contributed by atoms with Crippen LogP contribution in [0.1, 0.15) is 34.1 Å². The predicted molar refractivity (Wildman–Crippen MR) is 74.7 cm³/mol. The van der Waals surface area contributed by atoms with Gasteiger partial charge >= 0.3 is 5.69 Å². The molecule has 0 amide bonds. The van der Waals surface area contributed by atoms with E-state index in [9.17, 15) is 10.1 Å². The first kappa shape index (κ1) is 13.6. The fourth-order valence-corrected chi connectivity index (χ4v) is 2.02. The van der Waals surface area contributed by atoms with Gasteiger partial charge in [0, 0.05) is 23.9 Å². The van der Waals surface area contributed by atoms with Gasteiger partial charge in [0.25, 0.3) is 0 Å². The summed E-state index contributed by atoms with van der Waals surface area (Å²) in [4.78, 5) is 10.5. The molecule has 5 heteroatoms. The molecule has 1 saturated carbocycles. The van der Waals surface area contributed by atoms with Crippen LogP contribution in [0.3, 0.4) is 0 Å². The Morgan fingerprint density at radius 3 is 2.58 bits per heavy atom. The van der Waals surface area contributed by atoms with Crippen molar-refractivity contribution in [2.24, 2.45) is 5.41 Å². The van der Waals surface area contributed by atoms with Crippen molar-refractivity contribution in [3.63, 3.8) is 0 Å². The topological polar surface area (TPSA) is 64.4 Å². The Morgan fingerprint density at radius 1 is 1.47 bits per heavy atom. The number of anilines is 1. The van der Waals surface area contributed by atoms with E-state index in [-0.39, 0.29) is 11.8 Å². The smallest absolute Gasteiger partial charge is 0.311 e. The maximum Gasteiger partial charge on any atom is 0.311 e. The quantitative estimate of drug-likeness (QED) is 0.652. The van der Waals surface area contributed by atoms with E-state index in [4.69, 9.17) is 4.74 Å². The minimum absolute atomic E-state index is 0.00862. The first-order valence-corrected chi connectivity index (χ1v) is 6.51. The summed E-state index contributed by atoms with van der Waals surface area (Å²) in [5.41, 5.74) is 1.19. The molecule has 2 rings (SSSR count). The van der Waals surface area contributed by atoms with E-state index in [0.717, 1.165) is 12.1 Å². The van der Waals surface area contributed by atoms with Crippen LogP contribution in [0, 0.1) is 15.5 Å². The number of ether oxygens (including phenoxy) is 1. The first-order valence-electron chi connectivity index (χ1n) is 6.51. The number of hydrogen-bond donors (Lipinski definition) is 1. The second-order valence-corrected chi connectivity index (χ2v) is 6.00. The van der Waals surface area contributed by atoms with Crippen LogP contribution >= 0.6 is 0 Å². The highest BCUT2D eigenvalue weighted by Gasteiger charge is 2.45. The van der Waals surface area contributed by atoms with Gasteiger partial charge in [0.2, 0.25) is 0 Å². The van der Waals surface area contributed by atoms with E-state index in [0.29, 0.717) is 17.2 Å². The molecule has 1 atom stereocenters. The van der Waals surface area contributed by atoms with Gasteiger partial charge in [-0.2, -0.15) is 0 Å². The normalized spacial score (nSPS) is 20.2. The number of nitro groups is 1. The Balaban J connectivity index is 2.20. The average molecular weight is 264 g/mol. The van der Waals surface area contributed by atoms with E-state index < -0.39 is 4.92 Å². The molecule has 19 heavy (non-hydrogen) atoms. The lowest BCUT2D eigenvalue weighted by atomic mass is 10.2. The highest BCUT2D eigenvalue weighted by atomic mass is 16.6. The van der Waals surface area contributed by atoms with E-state index in [1.807, 2.05) is 13.8 Å². The summed E-state index contributed by atoms with van der Waals surface area (Å²) in [5, 5.41) is 14.3. The molecule has 0 radical (unpaired) electrons. The molecule has 1 aromatic carbocycles. The summed E-state index contributed by atoms with van der Waals surface area (Å²) in [6.45, 7) is 8.10. The lowest BCUT2D eigenvalue weighted by Crippen LogP contribution is -2.10. The van der Waals surface area contributed by atoms with Crippen LogP contribution in [0.25, 0.3) is 0 Å². The van der Waals surface area contributed by atoms with Crippen LogP contribution in [0.5, 0.6) is 5.75 Å². The van der Waals surface area contributed by atoms with Crippen molar-refractivity contribution in [1.82, 2.24) is 0 Å². The second-order valence-electron chi connectivity index (χ2n) is 6.00. The lowest BCUT2D eigenvalue weighted by Gasteiger charge is -2.13. The van der Waals surface area contributed by atoms with Crippen molar-refractivity contribution in [2.45, 2.75) is 46.3 Å². The summed E-state index contributed by atoms with van der Waals surface area (Å²) in [6.07, 6.45) is 1.02. The zero-order valence-corrected chi connectivity index (χ0v) is 11.8. The van der Waals surface area contributed by atoms with Crippen LogP contribution in [0.2, 0.25) is 0 Å². The molecule has 1 N–H and O–H groups in total. The highest BCUT2D eigenvalue weighted by molar-refractivity contribution is 5.59. The molecule has 104 valence electrons. The van der Waals surface area contributed by atoms with Crippen LogP contribution in [0.4, 0.5) is 11.4 Å². The molecule has 0 aromatic heterocycles. The third kappa shape index (κ3) is 3.16. The van der Waals surface area contributed by atoms with Gasteiger partial charge in [-0.25, -0.2) is 0 Å². The minimum atomic E-state index is -0.414. The second kappa shape index (κ2) is 4.72. The first-order chi connectivity index (χ1) is 8.79. The molecular weight excluding hydrogens is 244 g/mol. The van der Waals surface area contributed by atoms with Gasteiger partial charge in [0.05, 0.1) is 11.0 Å². The van der Waals surface area contributed by atoms with Crippen LogP contribution in [-0.4, -0.2) is 17.1 Å².